The largest absolute Gasteiger partial charge is 0.297 e. The zero-order valence-corrected chi connectivity index (χ0v) is 11.0. The number of halogens is 3. The van der Waals surface area contributed by atoms with E-state index in [0.717, 1.165) is 19.4 Å². The predicted octanol–water partition coefficient (Wildman–Crippen LogP) is 3.73. The lowest BCUT2D eigenvalue weighted by Gasteiger charge is -2.34. The van der Waals surface area contributed by atoms with Crippen LogP contribution in [0, 0.1) is 5.92 Å². The lowest BCUT2D eigenvalue weighted by Crippen LogP contribution is -2.42. The molecule has 1 fully saturated rings. The van der Waals surface area contributed by atoms with Gasteiger partial charge in [-0.15, -0.1) is 11.6 Å². The van der Waals surface area contributed by atoms with Crippen molar-refractivity contribution in [3.63, 3.8) is 0 Å². The van der Waals surface area contributed by atoms with Crippen molar-refractivity contribution < 1.29 is 8.78 Å². The van der Waals surface area contributed by atoms with Gasteiger partial charge in [0.2, 0.25) is 0 Å². The summed E-state index contributed by atoms with van der Waals surface area (Å²) in [5, 5.41) is 0. The third-order valence-electron chi connectivity index (χ3n) is 3.44. The molecule has 4 heteroatoms. The Morgan fingerprint density at radius 2 is 2.00 bits per heavy atom. The summed E-state index contributed by atoms with van der Waals surface area (Å²) in [6, 6.07) is 8.04. The minimum absolute atomic E-state index is 0.0954. The van der Waals surface area contributed by atoms with Crippen LogP contribution in [0.2, 0.25) is 0 Å². The number of rotatable bonds is 4. The molecule has 0 spiro atoms. The maximum atomic E-state index is 14.1. The maximum Gasteiger partial charge on any atom is 0.285 e. The van der Waals surface area contributed by atoms with Gasteiger partial charge >= 0.3 is 0 Å². The summed E-state index contributed by atoms with van der Waals surface area (Å²) in [6.07, 6.45) is 2.01. The Kier molecular flexibility index (Phi) is 4.57. The molecule has 1 aliphatic rings. The van der Waals surface area contributed by atoms with Crippen LogP contribution in [0.4, 0.5) is 8.78 Å². The van der Waals surface area contributed by atoms with Crippen molar-refractivity contribution in [3.8, 4) is 0 Å². The summed E-state index contributed by atoms with van der Waals surface area (Å²) in [4.78, 5) is 1.84. The molecular formula is C14H18ClF2N. The zero-order valence-electron chi connectivity index (χ0n) is 10.3. The van der Waals surface area contributed by atoms with Crippen LogP contribution in [0.1, 0.15) is 18.4 Å². The molecule has 0 saturated carbocycles. The quantitative estimate of drug-likeness (QED) is 0.756. The molecule has 100 valence electrons. The Bertz CT molecular complexity index is 369. The van der Waals surface area contributed by atoms with Gasteiger partial charge < -0.3 is 0 Å². The van der Waals surface area contributed by atoms with E-state index in [0.29, 0.717) is 18.3 Å². The highest BCUT2D eigenvalue weighted by Gasteiger charge is 2.35. The van der Waals surface area contributed by atoms with Gasteiger partial charge in [0.15, 0.2) is 0 Å². The van der Waals surface area contributed by atoms with E-state index < -0.39 is 5.92 Å². The first-order valence-electron chi connectivity index (χ1n) is 6.33. The molecule has 18 heavy (non-hydrogen) atoms. The third-order valence-corrected chi connectivity index (χ3v) is 3.88. The Morgan fingerprint density at radius 1 is 1.28 bits per heavy atom. The summed E-state index contributed by atoms with van der Waals surface area (Å²) >= 11 is 5.82. The van der Waals surface area contributed by atoms with E-state index in [1.54, 1.807) is 18.2 Å². The molecule has 0 aliphatic carbocycles. The zero-order chi connectivity index (χ0) is 13.0. The van der Waals surface area contributed by atoms with Gasteiger partial charge in [0.1, 0.15) is 0 Å². The van der Waals surface area contributed by atoms with E-state index in [4.69, 9.17) is 11.6 Å². The first kappa shape index (κ1) is 13.8. The van der Waals surface area contributed by atoms with Crippen LogP contribution in [0.25, 0.3) is 0 Å². The average molecular weight is 274 g/mol. The lowest BCUT2D eigenvalue weighted by atomic mass is 9.99. The second-order valence-corrected chi connectivity index (χ2v) is 5.28. The molecule has 2 rings (SSSR count). The third kappa shape index (κ3) is 3.42. The molecule has 0 aromatic heterocycles. The van der Waals surface area contributed by atoms with Crippen LogP contribution in [0.5, 0.6) is 0 Å². The Balaban J connectivity index is 1.99. The number of hydrogen-bond donors (Lipinski definition) is 0. The SMILES string of the molecule is FC(F)(CN1CCCC(CCl)C1)c1ccccc1. The highest BCUT2D eigenvalue weighted by molar-refractivity contribution is 6.18. The molecule has 1 aromatic carbocycles. The van der Waals surface area contributed by atoms with Crippen LogP contribution in [0.15, 0.2) is 30.3 Å². The summed E-state index contributed by atoms with van der Waals surface area (Å²) in [7, 11) is 0. The molecule has 1 aromatic rings. The Labute approximate surface area is 112 Å². The van der Waals surface area contributed by atoms with Gasteiger partial charge in [0.25, 0.3) is 5.92 Å². The summed E-state index contributed by atoms with van der Waals surface area (Å²) in [5.74, 6) is -1.87. The van der Waals surface area contributed by atoms with Crippen molar-refractivity contribution >= 4 is 11.6 Å². The van der Waals surface area contributed by atoms with Gasteiger partial charge in [0.05, 0.1) is 6.54 Å². The standard InChI is InChI=1S/C14H18ClF2N/c15-9-12-5-4-8-18(10-12)11-14(16,17)13-6-2-1-3-7-13/h1-3,6-7,12H,4-5,8-11H2. The second kappa shape index (κ2) is 5.98. The molecule has 0 radical (unpaired) electrons. The minimum atomic E-state index is -2.78. The number of nitrogens with zero attached hydrogens (tertiary/aromatic N) is 1. The van der Waals surface area contributed by atoms with Crippen molar-refractivity contribution in [1.29, 1.82) is 0 Å². The van der Waals surface area contributed by atoms with E-state index in [9.17, 15) is 8.78 Å². The summed E-state index contributed by atoms with van der Waals surface area (Å²) in [5.41, 5.74) is 0.0954. The number of likely N-dealkylation sites (tertiary alicyclic amines) is 1. The van der Waals surface area contributed by atoms with Crippen LogP contribution >= 0.6 is 11.6 Å². The summed E-state index contributed by atoms with van der Waals surface area (Å²) < 4.78 is 28.2. The molecule has 1 heterocycles. The molecule has 0 amide bonds. The number of hydrogen-bond acceptors (Lipinski definition) is 1. The van der Waals surface area contributed by atoms with Gasteiger partial charge in [-0.3, -0.25) is 4.90 Å². The van der Waals surface area contributed by atoms with Crippen molar-refractivity contribution in [2.45, 2.75) is 18.8 Å². The van der Waals surface area contributed by atoms with Gasteiger partial charge in [0, 0.05) is 18.0 Å². The van der Waals surface area contributed by atoms with Gasteiger partial charge in [-0.2, -0.15) is 8.78 Å². The fourth-order valence-corrected chi connectivity index (χ4v) is 2.73. The van der Waals surface area contributed by atoms with Crippen molar-refractivity contribution in [2.75, 3.05) is 25.5 Å². The number of piperidine rings is 1. The summed E-state index contributed by atoms with van der Waals surface area (Å²) in [6.45, 7) is 1.23. The minimum Gasteiger partial charge on any atom is -0.297 e. The molecule has 1 nitrogen and oxygen atoms in total. The fraction of sp³-hybridized carbons (Fsp3) is 0.571. The Hall–Kier alpha value is -0.670. The highest BCUT2D eigenvalue weighted by Crippen LogP contribution is 2.30. The topological polar surface area (TPSA) is 3.24 Å². The highest BCUT2D eigenvalue weighted by atomic mass is 35.5. The van der Waals surface area contributed by atoms with Crippen LogP contribution < -0.4 is 0 Å². The first-order chi connectivity index (χ1) is 8.62. The second-order valence-electron chi connectivity index (χ2n) is 4.97. The Morgan fingerprint density at radius 3 is 2.67 bits per heavy atom. The molecule has 1 aliphatic heterocycles. The van der Waals surface area contributed by atoms with E-state index >= 15 is 0 Å². The van der Waals surface area contributed by atoms with Crippen molar-refractivity contribution in [1.82, 2.24) is 4.90 Å². The monoisotopic (exact) mass is 273 g/mol. The number of alkyl halides is 3. The van der Waals surface area contributed by atoms with Gasteiger partial charge in [-0.25, -0.2) is 0 Å². The molecule has 0 N–H and O–H groups in total. The lowest BCUT2D eigenvalue weighted by molar-refractivity contribution is -0.0453. The maximum absolute atomic E-state index is 14.1. The molecular weight excluding hydrogens is 256 g/mol. The molecule has 1 saturated heterocycles. The molecule has 0 bridgehead atoms. The van der Waals surface area contributed by atoms with E-state index in [-0.39, 0.29) is 12.1 Å². The number of benzene rings is 1. The molecule has 1 unspecified atom stereocenters. The van der Waals surface area contributed by atoms with E-state index in [2.05, 4.69) is 0 Å². The average Bonchev–Trinajstić information content (AvgIpc) is 2.39. The fourth-order valence-electron chi connectivity index (χ4n) is 2.47. The predicted molar refractivity (Wildman–Crippen MR) is 70.2 cm³/mol. The van der Waals surface area contributed by atoms with E-state index in [1.807, 2.05) is 4.90 Å². The smallest absolute Gasteiger partial charge is 0.285 e. The van der Waals surface area contributed by atoms with Crippen LogP contribution in [0.3, 0.4) is 0 Å². The van der Waals surface area contributed by atoms with Crippen LogP contribution in [-0.4, -0.2) is 30.4 Å². The molecule has 1 atom stereocenters. The van der Waals surface area contributed by atoms with Crippen molar-refractivity contribution in [3.05, 3.63) is 35.9 Å². The first-order valence-corrected chi connectivity index (χ1v) is 6.87. The van der Waals surface area contributed by atoms with E-state index in [1.165, 1.54) is 12.1 Å². The van der Waals surface area contributed by atoms with Crippen LogP contribution in [-0.2, 0) is 5.92 Å². The van der Waals surface area contributed by atoms with Crippen molar-refractivity contribution in [2.24, 2.45) is 5.92 Å². The van der Waals surface area contributed by atoms with Gasteiger partial charge in [-0.1, -0.05) is 30.3 Å². The van der Waals surface area contributed by atoms with Gasteiger partial charge in [-0.05, 0) is 25.3 Å². The normalized spacial score (nSPS) is 22.1.